The fourth-order valence-corrected chi connectivity index (χ4v) is 3.37. The average molecular weight is 260 g/mol. The lowest BCUT2D eigenvalue weighted by Crippen LogP contribution is -2.29. The molecule has 2 nitrogen and oxygen atoms in total. The van der Waals surface area contributed by atoms with Gasteiger partial charge in [-0.3, -0.25) is 4.99 Å². The lowest BCUT2D eigenvalue weighted by atomic mass is 10.1. The molecule has 3 heteroatoms. The lowest BCUT2D eigenvalue weighted by Gasteiger charge is -2.09. The van der Waals surface area contributed by atoms with Gasteiger partial charge in [-0.2, -0.15) is 0 Å². The highest BCUT2D eigenvalue weighted by Gasteiger charge is 2.32. The van der Waals surface area contributed by atoms with E-state index >= 15 is 0 Å². The Morgan fingerprint density at radius 1 is 1.33 bits per heavy atom. The van der Waals surface area contributed by atoms with E-state index < -0.39 is 0 Å². The SMILES string of the molecule is CC1CC1CN=C1NC(Cc2ccccc2)CS1. The topological polar surface area (TPSA) is 24.4 Å². The zero-order valence-corrected chi connectivity index (χ0v) is 11.6. The molecule has 3 rings (SSSR count). The van der Waals surface area contributed by atoms with Gasteiger partial charge < -0.3 is 5.32 Å². The van der Waals surface area contributed by atoms with Crippen LogP contribution in [0.4, 0.5) is 0 Å². The molecule has 1 saturated heterocycles. The first kappa shape index (κ1) is 12.1. The monoisotopic (exact) mass is 260 g/mol. The molecule has 1 N–H and O–H groups in total. The lowest BCUT2D eigenvalue weighted by molar-refractivity contribution is 0.683. The van der Waals surface area contributed by atoms with Crippen LogP contribution >= 0.6 is 11.8 Å². The second kappa shape index (κ2) is 5.35. The maximum Gasteiger partial charge on any atom is 0.156 e. The minimum atomic E-state index is 0.549. The van der Waals surface area contributed by atoms with E-state index in [9.17, 15) is 0 Å². The maximum absolute atomic E-state index is 4.70. The summed E-state index contributed by atoms with van der Waals surface area (Å²) in [7, 11) is 0. The molecule has 96 valence electrons. The molecule has 0 radical (unpaired) electrons. The largest absolute Gasteiger partial charge is 0.361 e. The molecular weight excluding hydrogens is 240 g/mol. The maximum atomic E-state index is 4.70. The number of aliphatic imine (C=N–C) groups is 1. The van der Waals surface area contributed by atoms with Gasteiger partial charge in [0.2, 0.25) is 0 Å². The number of nitrogens with zero attached hydrogens (tertiary/aromatic N) is 1. The van der Waals surface area contributed by atoms with Crippen LogP contribution in [0.3, 0.4) is 0 Å². The molecule has 1 aromatic rings. The third-order valence-electron chi connectivity index (χ3n) is 3.82. The fourth-order valence-electron chi connectivity index (χ4n) is 2.39. The highest BCUT2D eigenvalue weighted by atomic mass is 32.2. The van der Waals surface area contributed by atoms with Gasteiger partial charge in [0.15, 0.2) is 5.17 Å². The van der Waals surface area contributed by atoms with Crippen molar-refractivity contribution in [1.29, 1.82) is 0 Å². The molecule has 1 heterocycles. The molecule has 1 aromatic carbocycles. The first-order chi connectivity index (χ1) is 8.81. The van der Waals surface area contributed by atoms with Crippen LogP contribution in [0.5, 0.6) is 0 Å². The smallest absolute Gasteiger partial charge is 0.156 e. The summed E-state index contributed by atoms with van der Waals surface area (Å²) in [5.74, 6) is 2.91. The van der Waals surface area contributed by atoms with Crippen molar-refractivity contribution < 1.29 is 0 Å². The summed E-state index contributed by atoms with van der Waals surface area (Å²) >= 11 is 1.88. The second-order valence-corrected chi connectivity index (χ2v) is 6.47. The summed E-state index contributed by atoms with van der Waals surface area (Å²) in [5, 5.41) is 4.71. The van der Waals surface area contributed by atoms with Gasteiger partial charge in [-0.1, -0.05) is 49.0 Å². The van der Waals surface area contributed by atoms with E-state index in [-0.39, 0.29) is 0 Å². The van der Waals surface area contributed by atoms with E-state index in [1.807, 2.05) is 11.8 Å². The minimum Gasteiger partial charge on any atom is -0.361 e. The molecule has 3 unspecified atom stereocenters. The van der Waals surface area contributed by atoms with Crippen molar-refractivity contribution in [2.45, 2.75) is 25.8 Å². The molecule has 1 aliphatic heterocycles. The zero-order valence-electron chi connectivity index (χ0n) is 10.8. The number of rotatable bonds is 4. The Labute approximate surface area is 113 Å². The Balaban J connectivity index is 1.49. The van der Waals surface area contributed by atoms with Gasteiger partial charge in [0.1, 0.15) is 0 Å². The predicted molar refractivity (Wildman–Crippen MR) is 79.1 cm³/mol. The van der Waals surface area contributed by atoms with E-state index in [0.29, 0.717) is 6.04 Å². The van der Waals surface area contributed by atoms with Crippen LogP contribution in [0.25, 0.3) is 0 Å². The Kier molecular flexibility index (Phi) is 3.59. The van der Waals surface area contributed by atoms with Crippen molar-refractivity contribution in [1.82, 2.24) is 5.32 Å². The second-order valence-electron chi connectivity index (χ2n) is 5.46. The highest BCUT2D eigenvalue weighted by molar-refractivity contribution is 8.14. The molecular formula is C15H20N2S. The molecule has 1 saturated carbocycles. The molecule has 0 bridgehead atoms. The molecule has 0 aromatic heterocycles. The third-order valence-corrected chi connectivity index (χ3v) is 4.91. The number of thioether (sulfide) groups is 1. The van der Waals surface area contributed by atoms with Gasteiger partial charge in [-0.25, -0.2) is 0 Å². The molecule has 2 aliphatic rings. The summed E-state index contributed by atoms with van der Waals surface area (Å²) in [6, 6.07) is 11.2. The molecule has 3 atom stereocenters. The van der Waals surface area contributed by atoms with E-state index in [1.165, 1.54) is 12.0 Å². The van der Waals surface area contributed by atoms with Gasteiger partial charge in [0.05, 0.1) is 0 Å². The standard InChI is InChI=1S/C15H20N2S/c1-11-7-13(11)9-16-15-17-14(10-18-15)8-12-5-3-2-4-6-12/h2-6,11,13-14H,7-10H2,1H3,(H,16,17). The number of nitrogens with one attached hydrogen (secondary N) is 1. The molecule has 0 spiro atoms. The summed E-state index contributed by atoms with van der Waals surface area (Å²) in [6.45, 7) is 3.34. The van der Waals surface area contributed by atoms with Crippen LogP contribution in [0.1, 0.15) is 18.9 Å². The highest BCUT2D eigenvalue weighted by Crippen LogP contribution is 2.37. The van der Waals surface area contributed by atoms with Crippen LogP contribution in [-0.2, 0) is 6.42 Å². The first-order valence-corrected chi connectivity index (χ1v) is 7.77. The predicted octanol–water partition coefficient (Wildman–Crippen LogP) is 2.95. The normalized spacial score (nSPS) is 32.5. The van der Waals surface area contributed by atoms with Gasteiger partial charge in [0, 0.05) is 18.3 Å². The van der Waals surface area contributed by atoms with E-state index in [4.69, 9.17) is 4.99 Å². The Hall–Kier alpha value is -0.960. The van der Waals surface area contributed by atoms with Crippen LogP contribution in [0, 0.1) is 11.8 Å². The molecule has 0 amide bonds. The summed E-state index contributed by atoms with van der Waals surface area (Å²) in [6.07, 6.45) is 2.47. The number of hydrogen-bond acceptors (Lipinski definition) is 2. The van der Waals surface area contributed by atoms with Crippen LogP contribution < -0.4 is 5.32 Å². The van der Waals surface area contributed by atoms with Crippen molar-refractivity contribution in [2.75, 3.05) is 12.3 Å². The van der Waals surface area contributed by atoms with Crippen LogP contribution in [0.2, 0.25) is 0 Å². The Morgan fingerprint density at radius 2 is 2.11 bits per heavy atom. The van der Waals surface area contributed by atoms with Gasteiger partial charge in [0.25, 0.3) is 0 Å². The number of amidine groups is 1. The first-order valence-electron chi connectivity index (χ1n) is 6.79. The van der Waals surface area contributed by atoms with Crippen LogP contribution in [0.15, 0.2) is 35.3 Å². The van der Waals surface area contributed by atoms with Gasteiger partial charge in [-0.15, -0.1) is 0 Å². The summed E-state index contributed by atoms with van der Waals surface area (Å²) < 4.78 is 0. The summed E-state index contributed by atoms with van der Waals surface area (Å²) in [4.78, 5) is 4.70. The fraction of sp³-hybridized carbons (Fsp3) is 0.533. The number of benzene rings is 1. The Bertz CT molecular complexity index is 429. The van der Waals surface area contributed by atoms with Crippen molar-refractivity contribution in [3.05, 3.63) is 35.9 Å². The van der Waals surface area contributed by atoms with Gasteiger partial charge in [-0.05, 0) is 30.2 Å². The quantitative estimate of drug-likeness (QED) is 0.900. The summed E-state index contributed by atoms with van der Waals surface area (Å²) in [5.41, 5.74) is 1.41. The van der Waals surface area contributed by atoms with Crippen LogP contribution in [-0.4, -0.2) is 23.5 Å². The van der Waals surface area contributed by atoms with Crippen molar-refractivity contribution >= 4 is 16.9 Å². The van der Waals surface area contributed by atoms with Crippen molar-refractivity contribution in [2.24, 2.45) is 16.8 Å². The third kappa shape index (κ3) is 3.08. The number of hydrogen-bond donors (Lipinski definition) is 1. The van der Waals surface area contributed by atoms with E-state index in [2.05, 4.69) is 42.6 Å². The molecule has 1 aliphatic carbocycles. The van der Waals surface area contributed by atoms with Crippen molar-refractivity contribution in [3.63, 3.8) is 0 Å². The average Bonchev–Trinajstić information content (AvgIpc) is 2.91. The van der Waals surface area contributed by atoms with Crippen molar-refractivity contribution in [3.8, 4) is 0 Å². The zero-order chi connectivity index (χ0) is 12.4. The Morgan fingerprint density at radius 3 is 2.83 bits per heavy atom. The molecule has 2 fully saturated rings. The minimum absolute atomic E-state index is 0.549. The van der Waals surface area contributed by atoms with E-state index in [0.717, 1.165) is 35.7 Å². The molecule has 18 heavy (non-hydrogen) atoms. The van der Waals surface area contributed by atoms with Gasteiger partial charge >= 0.3 is 0 Å². The van der Waals surface area contributed by atoms with E-state index in [1.54, 1.807) is 0 Å².